The molecule has 1 N–H and O–H groups in total. The molecule has 0 saturated heterocycles. The Morgan fingerprint density at radius 1 is 1.25 bits per heavy atom. The minimum absolute atomic E-state index is 0.117. The molecule has 3 rings (SSSR count). The number of fused-ring (bicyclic) bond motifs is 1. The van der Waals surface area contributed by atoms with Crippen LogP contribution in [0.1, 0.15) is 31.6 Å². The maximum Gasteiger partial charge on any atom is 0.174 e. The number of anilines is 1. The second kappa shape index (κ2) is 6.64. The third kappa shape index (κ3) is 3.67. The maximum atomic E-state index is 4.72. The van der Waals surface area contributed by atoms with Gasteiger partial charge in [0, 0.05) is 24.8 Å². The number of nitrogens with one attached hydrogen (secondary N) is 1. The highest BCUT2D eigenvalue weighted by Crippen LogP contribution is 2.26. The maximum absolute atomic E-state index is 4.72. The molecule has 0 bridgehead atoms. The monoisotopic (exact) mass is 363 g/mol. The van der Waals surface area contributed by atoms with Gasteiger partial charge in [0.2, 0.25) is 0 Å². The van der Waals surface area contributed by atoms with E-state index >= 15 is 0 Å². The fourth-order valence-corrected chi connectivity index (χ4v) is 3.88. The van der Waals surface area contributed by atoms with Crippen LogP contribution in [0.4, 0.5) is 5.82 Å². The highest BCUT2D eigenvalue weighted by atomic mass is 32.2. The molecule has 9 heteroatoms. The second-order valence-electron chi connectivity index (χ2n) is 6.51. The van der Waals surface area contributed by atoms with Gasteiger partial charge < -0.3 is 5.32 Å². The summed E-state index contributed by atoms with van der Waals surface area (Å²) >= 11 is 3.32. The van der Waals surface area contributed by atoms with Crippen LogP contribution in [0.15, 0.2) is 10.5 Å². The number of hydrogen-bond donors (Lipinski definition) is 1. The Hall–Kier alpha value is -1.74. The first-order valence-corrected chi connectivity index (χ1v) is 9.52. The van der Waals surface area contributed by atoms with Gasteiger partial charge in [-0.15, -0.1) is 10.2 Å². The van der Waals surface area contributed by atoms with Gasteiger partial charge in [0.15, 0.2) is 9.99 Å². The number of aryl methyl sites for hydroxylation is 2. The molecule has 0 aliphatic carbocycles. The topological polar surface area (TPSA) is 81.4 Å². The molecule has 0 aliphatic rings. The molecular formula is C15H21N7S2. The van der Waals surface area contributed by atoms with Gasteiger partial charge in [-0.1, -0.05) is 43.9 Å². The van der Waals surface area contributed by atoms with Crippen molar-refractivity contribution in [2.75, 3.05) is 17.6 Å². The standard InChI is InChI=1S/C15H21N7S2/c1-9-20-21-14(24-9)23-7-6-16-11-10-8-17-22(5)12(10)19-13(18-11)15(2,3)4/h8H,6-7H2,1-5H3,(H,16,18,19). The van der Waals surface area contributed by atoms with Gasteiger partial charge in [-0.25, -0.2) is 9.97 Å². The van der Waals surface area contributed by atoms with E-state index in [2.05, 4.69) is 46.4 Å². The average molecular weight is 364 g/mol. The highest BCUT2D eigenvalue weighted by Gasteiger charge is 2.21. The summed E-state index contributed by atoms with van der Waals surface area (Å²) in [4.78, 5) is 9.40. The minimum Gasteiger partial charge on any atom is -0.369 e. The Labute approximate surface area is 149 Å². The normalized spacial score (nSPS) is 12.0. The molecule has 0 radical (unpaired) electrons. The zero-order chi connectivity index (χ0) is 17.3. The summed E-state index contributed by atoms with van der Waals surface area (Å²) in [6.07, 6.45) is 1.81. The first-order chi connectivity index (χ1) is 11.3. The number of nitrogens with zero attached hydrogens (tertiary/aromatic N) is 6. The summed E-state index contributed by atoms with van der Waals surface area (Å²) in [7, 11) is 1.90. The predicted octanol–water partition coefficient (Wildman–Crippen LogP) is 3.02. The molecule has 128 valence electrons. The van der Waals surface area contributed by atoms with Crippen molar-refractivity contribution in [2.24, 2.45) is 7.05 Å². The molecular weight excluding hydrogens is 342 g/mol. The smallest absolute Gasteiger partial charge is 0.174 e. The van der Waals surface area contributed by atoms with Crippen molar-refractivity contribution in [3.8, 4) is 0 Å². The van der Waals surface area contributed by atoms with Crippen molar-refractivity contribution in [1.82, 2.24) is 29.9 Å². The predicted molar refractivity (Wildman–Crippen MR) is 98.9 cm³/mol. The van der Waals surface area contributed by atoms with E-state index in [1.54, 1.807) is 27.8 Å². The zero-order valence-corrected chi connectivity index (χ0v) is 16.1. The fourth-order valence-electron chi connectivity index (χ4n) is 2.14. The van der Waals surface area contributed by atoms with Gasteiger partial charge >= 0.3 is 0 Å². The molecule has 0 amide bonds. The number of aromatic nitrogens is 6. The Bertz CT molecular complexity index is 847. The highest BCUT2D eigenvalue weighted by molar-refractivity contribution is 8.01. The van der Waals surface area contributed by atoms with Crippen molar-refractivity contribution in [3.63, 3.8) is 0 Å². The minimum atomic E-state index is -0.117. The third-order valence-corrected chi connectivity index (χ3v) is 5.36. The lowest BCUT2D eigenvalue weighted by Crippen LogP contribution is -2.18. The lowest BCUT2D eigenvalue weighted by Gasteiger charge is -2.18. The first-order valence-electron chi connectivity index (χ1n) is 7.71. The van der Waals surface area contributed by atoms with Crippen LogP contribution >= 0.6 is 23.1 Å². The molecule has 0 fully saturated rings. The van der Waals surface area contributed by atoms with Crippen molar-refractivity contribution in [1.29, 1.82) is 0 Å². The summed E-state index contributed by atoms with van der Waals surface area (Å²) in [5, 5.41) is 17.8. The van der Waals surface area contributed by atoms with Crippen molar-refractivity contribution in [2.45, 2.75) is 37.4 Å². The van der Waals surface area contributed by atoms with E-state index in [0.29, 0.717) is 0 Å². The van der Waals surface area contributed by atoms with Crippen molar-refractivity contribution < 1.29 is 0 Å². The quantitative estimate of drug-likeness (QED) is 0.551. The van der Waals surface area contributed by atoms with Crippen LogP contribution in [0.2, 0.25) is 0 Å². The van der Waals surface area contributed by atoms with Crippen LogP contribution in [-0.2, 0) is 12.5 Å². The SMILES string of the molecule is Cc1nnc(SCCNc2nc(C(C)(C)C)nc3c2cnn3C)s1. The van der Waals surface area contributed by atoms with Gasteiger partial charge in [0.05, 0.1) is 11.6 Å². The Morgan fingerprint density at radius 3 is 2.71 bits per heavy atom. The van der Waals surface area contributed by atoms with Gasteiger partial charge in [0.1, 0.15) is 16.6 Å². The van der Waals surface area contributed by atoms with Crippen LogP contribution in [0.5, 0.6) is 0 Å². The van der Waals surface area contributed by atoms with Crippen LogP contribution < -0.4 is 5.32 Å². The van der Waals surface area contributed by atoms with Gasteiger partial charge in [-0.05, 0) is 6.92 Å². The van der Waals surface area contributed by atoms with Crippen LogP contribution in [0.3, 0.4) is 0 Å². The zero-order valence-electron chi connectivity index (χ0n) is 14.5. The van der Waals surface area contributed by atoms with E-state index in [9.17, 15) is 0 Å². The third-order valence-electron chi connectivity index (χ3n) is 3.39. The second-order valence-corrected chi connectivity index (χ2v) is 9.04. The van der Waals surface area contributed by atoms with Gasteiger partial charge in [0.25, 0.3) is 0 Å². The van der Waals surface area contributed by atoms with Crippen LogP contribution in [0, 0.1) is 6.92 Å². The summed E-state index contributed by atoms with van der Waals surface area (Å²) in [6, 6.07) is 0. The Balaban J connectivity index is 1.75. The van der Waals surface area contributed by atoms with Gasteiger partial charge in [-0.2, -0.15) is 5.10 Å². The molecule has 0 spiro atoms. The van der Waals surface area contributed by atoms with Crippen molar-refractivity contribution >= 4 is 39.9 Å². The lowest BCUT2D eigenvalue weighted by atomic mass is 9.95. The number of hydrogen-bond acceptors (Lipinski definition) is 8. The Morgan fingerprint density at radius 2 is 2.04 bits per heavy atom. The van der Waals surface area contributed by atoms with Crippen molar-refractivity contribution in [3.05, 3.63) is 17.0 Å². The first kappa shape index (κ1) is 17.1. The number of rotatable bonds is 5. The molecule has 0 saturated carbocycles. The Kier molecular flexibility index (Phi) is 4.73. The molecule has 3 aromatic rings. The summed E-state index contributed by atoms with van der Waals surface area (Å²) in [5.74, 6) is 2.55. The molecule has 0 aromatic carbocycles. The molecule has 7 nitrogen and oxygen atoms in total. The van der Waals surface area contributed by atoms with Crippen LogP contribution in [0.25, 0.3) is 11.0 Å². The summed E-state index contributed by atoms with van der Waals surface area (Å²) in [6.45, 7) is 9.09. The van der Waals surface area contributed by atoms with E-state index in [1.807, 2.05) is 20.2 Å². The molecule has 3 heterocycles. The molecule has 0 aliphatic heterocycles. The molecule has 24 heavy (non-hydrogen) atoms. The van der Waals surface area contributed by atoms with Crippen LogP contribution in [-0.4, -0.2) is 42.2 Å². The summed E-state index contributed by atoms with van der Waals surface area (Å²) in [5.41, 5.74) is 0.734. The van der Waals surface area contributed by atoms with E-state index < -0.39 is 0 Å². The summed E-state index contributed by atoms with van der Waals surface area (Å²) < 4.78 is 2.79. The molecule has 0 atom stereocenters. The van der Waals surface area contributed by atoms with E-state index in [-0.39, 0.29) is 5.41 Å². The fraction of sp³-hybridized carbons (Fsp3) is 0.533. The molecule has 0 unspecified atom stereocenters. The number of thioether (sulfide) groups is 1. The average Bonchev–Trinajstić information content (AvgIpc) is 3.09. The van der Waals surface area contributed by atoms with Gasteiger partial charge in [-0.3, -0.25) is 4.68 Å². The van der Waals surface area contributed by atoms with E-state index in [1.165, 1.54) is 0 Å². The molecule has 3 aromatic heterocycles. The largest absolute Gasteiger partial charge is 0.369 e. The lowest BCUT2D eigenvalue weighted by molar-refractivity contribution is 0.547. The van der Waals surface area contributed by atoms with E-state index in [0.717, 1.165) is 44.3 Å². The van der Waals surface area contributed by atoms with E-state index in [4.69, 9.17) is 4.98 Å².